The monoisotopic (exact) mass is 247 g/mol. The van der Waals surface area contributed by atoms with Gasteiger partial charge in [-0.2, -0.15) is 0 Å². The maximum atomic E-state index is 5.89. The van der Waals surface area contributed by atoms with E-state index in [0.717, 1.165) is 18.6 Å². The first-order chi connectivity index (χ1) is 7.29. The van der Waals surface area contributed by atoms with E-state index in [1.807, 2.05) is 0 Å². The van der Waals surface area contributed by atoms with E-state index in [2.05, 4.69) is 4.98 Å². The van der Waals surface area contributed by atoms with Crippen LogP contribution >= 0.6 is 23.2 Å². The molecule has 0 aliphatic carbocycles. The molecule has 5 heteroatoms. The van der Waals surface area contributed by atoms with Crippen LogP contribution in [0, 0.1) is 0 Å². The first-order valence-electron chi connectivity index (χ1n) is 4.74. The van der Waals surface area contributed by atoms with Gasteiger partial charge in [-0.25, -0.2) is 4.98 Å². The lowest BCUT2D eigenvalue weighted by Gasteiger charge is -2.11. The summed E-state index contributed by atoms with van der Waals surface area (Å²) in [6.45, 7) is 1.38. The molecule has 1 fully saturated rings. The van der Waals surface area contributed by atoms with Gasteiger partial charge in [-0.3, -0.25) is 0 Å². The molecule has 1 atom stereocenters. The molecule has 1 aromatic heterocycles. The fourth-order valence-electron chi connectivity index (χ4n) is 1.40. The molecule has 1 aliphatic rings. The summed E-state index contributed by atoms with van der Waals surface area (Å²) in [6, 6.07) is 1.77. The van der Waals surface area contributed by atoms with E-state index in [4.69, 9.17) is 32.7 Å². The Hall–Kier alpha value is -0.510. The van der Waals surface area contributed by atoms with E-state index >= 15 is 0 Å². The number of halogens is 2. The second-order valence-corrected chi connectivity index (χ2v) is 4.03. The molecule has 1 aromatic rings. The zero-order valence-electron chi connectivity index (χ0n) is 8.08. The van der Waals surface area contributed by atoms with Gasteiger partial charge in [-0.15, -0.1) is 11.6 Å². The highest BCUT2D eigenvalue weighted by Crippen LogP contribution is 2.22. The van der Waals surface area contributed by atoms with Crippen LogP contribution in [0.15, 0.2) is 12.3 Å². The molecular formula is C10H11Cl2NO2. The first-order valence-corrected chi connectivity index (χ1v) is 5.65. The largest absolute Gasteiger partial charge is 0.472 e. The number of ether oxygens (including phenoxy) is 2. The quantitative estimate of drug-likeness (QED) is 0.770. The summed E-state index contributed by atoms with van der Waals surface area (Å²) in [7, 11) is 0. The summed E-state index contributed by atoms with van der Waals surface area (Å²) in [5.74, 6) is 0.921. The van der Waals surface area contributed by atoms with Gasteiger partial charge in [0.1, 0.15) is 6.10 Å². The molecule has 0 radical (unpaired) electrons. The van der Waals surface area contributed by atoms with Crippen molar-refractivity contribution in [3.05, 3.63) is 22.8 Å². The van der Waals surface area contributed by atoms with E-state index in [-0.39, 0.29) is 6.10 Å². The lowest BCUT2D eigenvalue weighted by atomic mass is 10.3. The smallest absolute Gasteiger partial charge is 0.213 e. The van der Waals surface area contributed by atoms with Crippen LogP contribution in [0.1, 0.15) is 12.0 Å². The van der Waals surface area contributed by atoms with Gasteiger partial charge in [0.25, 0.3) is 0 Å². The van der Waals surface area contributed by atoms with Crippen LogP contribution in [-0.4, -0.2) is 24.3 Å². The minimum Gasteiger partial charge on any atom is -0.472 e. The Morgan fingerprint density at radius 3 is 3.13 bits per heavy atom. The van der Waals surface area contributed by atoms with E-state index < -0.39 is 0 Å². The van der Waals surface area contributed by atoms with Crippen LogP contribution in [0.2, 0.25) is 5.02 Å². The Bertz CT molecular complexity index is 340. The van der Waals surface area contributed by atoms with Gasteiger partial charge in [-0.05, 0) is 5.56 Å². The van der Waals surface area contributed by atoms with Crippen molar-refractivity contribution in [2.45, 2.75) is 18.4 Å². The lowest BCUT2D eigenvalue weighted by Crippen LogP contribution is -2.16. The fourth-order valence-corrected chi connectivity index (χ4v) is 1.86. The van der Waals surface area contributed by atoms with Crippen LogP contribution in [0.4, 0.5) is 0 Å². The van der Waals surface area contributed by atoms with Crippen molar-refractivity contribution >= 4 is 23.2 Å². The predicted molar refractivity (Wildman–Crippen MR) is 58.7 cm³/mol. The number of hydrogen-bond donors (Lipinski definition) is 0. The molecule has 1 unspecified atom stereocenters. The Balaban J connectivity index is 2.07. The molecule has 0 N–H and O–H groups in total. The highest BCUT2D eigenvalue weighted by atomic mass is 35.5. The number of nitrogens with zero attached hydrogens (tertiary/aromatic N) is 1. The third-order valence-corrected chi connectivity index (χ3v) is 2.86. The van der Waals surface area contributed by atoms with Gasteiger partial charge >= 0.3 is 0 Å². The maximum absolute atomic E-state index is 5.89. The topological polar surface area (TPSA) is 31.4 Å². The van der Waals surface area contributed by atoms with E-state index in [0.29, 0.717) is 23.4 Å². The summed E-state index contributed by atoms with van der Waals surface area (Å²) in [5, 5.41) is 0.569. The highest BCUT2D eigenvalue weighted by Gasteiger charge is 2.18. The molecule has 0 spiro atoms. The van der Waals surface area contributed by atoms with Crippen LogP contribution in [0.5, 0.6) is 5.88 Å². The summed E-state index contributed by atoms with van der Waals surface area (Å²) < 4.78 is 10.8. The third kappa shape index (κ3) is 2.74. The average Bonchev–Trinajstić information content (AvgIpc) is 2.73. The molecule has 2 rings (SSSR count). The van der Waals surface area contributed by atoms with Gasteiger partial charge in [0.05, 0.1) is 18.2 Å². The van der Waals surface area contributed by atoms with E-state index in [9.17, 15) is 0 Å². The van der Waals surface area contributed by atoms with Crippen molar-refractivity contribution in [2.24, 2.45) is 0 Å². The predicted octanol–water partition coefficient (Wildman–Crippen LogP) is 2.64. The normalized spacial score (nSPS) is 20.5. The van der Waals surface area contributed by atoms with Crippen molar-refractivity contribution in [3.63, 3.8) is 0 Å². The molecule has 3 nitrogen and oxygen atoms in total. The Morgan fingerprint density at radius 1 is 1.60 bits per heavy atom. The molecule has 15 heavy (non-hydrogen) atoms. The molecule has 82 valence electrons. The number of rotatable bonds is 3. The van der Waals surface area contributed by atoms with E-state index in [1.54, 1.807) is 12.3 Å². The summed E-state index contributed by atoms with van der Waals surface area (Å²) in [4.78, 5) is 4.08. The van der Waals surface area contributed by atoms with Crippen molar-refractivity contribution in [1.82, 2.24) is 4.98 Å². The number of aromatic nitrogens is 1. The molecule has 1 saturated heterocycles. The van der Waals surface area contributed by atoms with Gasteiger partial charge in [-0.1, -0.05) is 11.6 Å². The average molecular weight is 248 g/mol. The number of pyridine rings is 1. The Morgan fingerprint density at radius 2 is 2.47 bits per heavy atom. The van der Waals surface area contributed by atoms with Crippen molar-refractivity contribution in [3.8, 4) is 5.88 Å². The van der Waals surface area contributed by atoms with E-state index in [1.165, 1.54) is 0 Å². The summed E-state index contributed by atoms with van der Waals surface area (Å²) in [5.41, 5.74) is 0.835. The van der Waals surface area contributed by atoms with Crippen molar-refractivity contribution in [1.29, 1.82) is 0 Å². The van der Waals surface area contributed by atoms with Gasteiger partial charge in [0.2, 0.25) is 5.88 Å². The fraction of sp³-hybridized carbons (Fsp3) is 0.500. The third-order valence-electron chi connectivity index (χ3n) is 2.23. The summed E-state index contributed by atoms with van der Waals surface area (Å²) in [6.07, 6.45) is 2.56. The van der Waals surface area contributed by atoms with Gasteiger partial charge in [0, 0.05) is 24.6 Å². The molecule has 2 heterocycles. The Kier molecular flexibility index (Phi) is 3.67. The molecule has 0 bridgehead atoms. The zero-order chi connectivity index (χ0) is 10.7. The summed E-state index contributed by atoms with van der Waals surface area (Å²) >= 11 is 11.6. The second kappa shape index (κ2) is 5.01. The standard InChI is InChI=1S/C10H11Cl2NO2/c11-4-7-3-10(13-5-9(7)12)15-8-1-2-14-6-8/h3,5,8H,1-2,4,6H2. The first kappa shape index (κ1) is 11.0. The molecular weight excluding hydrogens is 237 g/mol. The van der Waals surface area contributed by atoms with Crippen LogP contribution in [0.3, 0.4) is 0 Å². The van der Waals surface area contributed by atoms with Crippen LogP contribution in [0.25, 0.3) is 0 Å². The van der Waals surface area contributed by atoms with Gasteiger partial charge in [0.15, 0.2) is 0 Å². The van der Waals surface area contributed by atoms with Crippen molar-refractivity contribution in [2.75, 3.05) is 13.2 Å². The van der Waals surface area contributed by atoms with Crippen LogP contribution in [-0.2, 0) is 10.6 Å². The lowest BCUT2D eigenvalue weighted by molar-refractivity contribution is 0.138. The molecule has 1 aliphatic heterocycles. The van der Waals surface area contributed by atoms with Crippen LogP contribution < -0.4 is 4.74 Å². The number of alkyl halides is 1. The molecule has 0 amide bonds. The molecule has 0 saturated carbocycles. The highest BCUT2D eigenvalue weighted by molar-refractivity contribution is 6.32. The number of hydrogen-bond acceptors (Lipinski definition) is 3. The van der Waals surface area contributed by atoms with Gasteiger partial charge < -0.3 is 9.47 Å². The molecule has 0 aromatic carbocycles. The minimum absolute atomic E-state index is 0.0989. The second-order valence-electron chi connectivity index (χ2n) is 3.35. The maximum Gasteiger partial charge on any atom is 0.213 e. The van der Waals surface area contributed by atoms with Crippen molar-refractivity contribution < 1.29 is 9.47 Å². The zero-order valence-corrected chi connectivity index (χ0v) is 9.59. The SMILES string of the molecule is ClCc1cc(OC2CCOC2)ncc1Cl. The Labute approximate surface area is 98.3 Å². The minimum atomic E-state index is 0.0989.